The number of halogens is 1. The molecule has 6 nitrogen and oxygen atoms in total. The average molecular weight is 414 g/mol. The summed E-state index contributed by atoms with van der Waals surface area (Å²) in [5, 5.41) is 1.84. The van der Waals surface area contributed by atoms with Gasteiger partial charge in [0.25, 0.3) is 5.56 Å². The molecule has 8 heteroatoms. The average Bonchev–Trinajstić information content (AvgIpc) is 3.07. The van der Waals surface area contributed by atoms with E-state index in [4.69, 9.17) is 21.3 Å². The number of hydrogen-bond acceptors (Lipinski definition) is 5. The molecule has 0 radical (unpaired) electrons. The first-order chi connectivity index (χ1) is 13.6. The molecule has 2 aromatic heterocycles. The lowest BCUT2D eigenvalue weighted by Crippen LogP contribution is -2.22. The van der Waals surface area contributed by atoms with Crippen molar-refractivity contribution in [3.05, 3.63) is 63.9 Å². The van der Waals surface area contributed by atoms with Crippen LogP contribution in [0.25, 0.3) is 27.6 Å². The Morgan fingerprint density at radius 2 is 1.96 bits per heavy atom. The molecule has 0 aliphatic carbocycles. The molecule has 0 atom stereocenters. The van der Waals surface area contributed by atoms with E-state index in [9.17, 15) is 9.59 Å². The van der Waals surface area contributed by atoms with Crippen molar-refractivity contribution in [1.82, 2.24) is 14.5 Å². The van der Waals surface area contributed by atoms with Gasteiger partial charge in [-0.1, -0.05) is 41.6 Å². The molecule has 0 saturated heterocycles. The first-order valence-corrected chi connectivity index (χ1v) is 10.0. The van der Waals surface area contributed by atoms with Gasteiger partial charge in [-0.2, -0.15) is 0 Å². The number of nitrogens with zero attached hydrogens (tertiary/aromatic N) is 2. The number of aromatic amines is 1. The van der Waals surface area contributed by atoms with E-state index in [0.717, 1.165) is 10.9 Å². The fraction of sp³-hybridized carbons (Fsp3) is 0.150. The van der Waals surface area contributed by atoms with E-state index in [-0.39, 0.29) is 17.3 Å². The predicted octanol–water partition coefficient (Wildman–Crippen LogP) is 4.18. The predicted molar refractivity (Wildman–Crippen MR) is 112 cm³/mol. The second-order valence-corrected chi connectivity index (χ2v) is 7.38. The quantitative estimate of drug-likeness (QED) is 0.302. The summed E-state index contributed by atoms with van der Waals surface area (Å²) in [6, 6.07) is 14.5. The number of rotatable bonds is 5. The number of ether oxygens (including phenoxy) is 1. The Hall–Kier alpha value is -2.77. The van der Waals surface area contributed by atoms with Gasteiger partial charge in [-0.05, 0) is 37.3 Å². The smallest absolute Gasteiger partial charge is 0.316 e. The van der Waals surface area contributed by atoms with Crippen LogP contribution in [-0.4, -0.2) is 32.9 Å². The second-order valence-electron chi connectivity index (χ2n) is 6.00. The number of carbonyl (C=O) groups is 1. The highest BCUT2D eigenvalue weighted by molar-refractivity contribution is 7.99. The van der Waals surface area contributed by atoms with E-state index in [0.29, 0.717) is 33.5 Å². The monoisotopic (exact) mass is 413 g/mol. The van der Waals surface area contributed by atoms with Gasteiger partial charge in [0.1, 0.15) is 11.0 Å². The fourth-order valence-corrected chi connectivity index (χ4v) is 3.91. The summed E-state index contributed by atoms with van der Waals surface area (Å²) >= 11 is 7.15. The number of aromatic nitrogens is 3. The number of hydrogen-bond donors (Lipinski definition) is 1. The molecule has 0 unspecified atom stereocenters. The first kappa shape index (κ1) is 18.6. The minimum absolute atomic E-state index is 0.0573. The van der Waals surface area contributed by atoms with Crippen LogP contribution in [-0.2, 0) is 9.53 Å². The van der Waals surface area contributed by atoms with Crippen LogP contribution in [0.2, 0.25) is 5.02 Å². The lowest BCUT2D eigenvalue weighted by atomic mass is 10.2. The highest BCUT2D eigenvalue weighted by Crippen LogP contribution is 2.26. The number of nitrogens with one attached hydrogen (secondary N) is 1. The van der Waals surface area contributed by atoms with E-state index in [1.54, 1.807) is 31.2 Å². The first-order valence-electron chi connectivity index (χ1n) is 8.66. The van der Waals surface area contributed by atoms with Gasteiger partial charge in [0.2, 0.25) is 0 Å². The van der Waals surface area contributed by atoms with Crippen LogP contribution in [0.3, 0.4) is 0 Å². The molecule has 0 bridgehead atoms. The normalized spacial score (nSPS) is 11.2. The minimum atomic E-state index is -0.358. The van der Waals surface area contributed by atoms with Gasteiger partial charge >= 0.3 is 5.97 Å². The molecule has 0 spiro atoms. The molecule has 0 aliphatic rings. The zero-order valence-corrected chi connectivity index (χ0v) is 16.5. The third kappa shape index (κ3) is 3.39. The Morgan fingerprint density at radius 3 is 2.71 bits per heavy atom. The molecule has 0 amide bonds. The molecule has 142 valence electrons. The zero-order chi connectivity index (χ0) is 19.7. The number of benzene rings is 2. The summed E-state index contributed by atoms with van der Waals surface area (Å²) in [6.07, 6.45) is 0. The van der Waals surface area contributed by atoms with Crippen molar-refractivity contribution in [2.24, 2.45) is 0 Å². The van der Waals surface area contributed by atoms with E-state index < -0.39 is 0 Å². The summed E-state index contributed by atoms with van der Waals surface area (Å²) in [5.41, 5.74) is 2.20. The maximum absolute atomic E-state index is 13.3. The van der Waals surface area contributed by atoms with E-state index in [1.165, 1.54) is 16.3 Å². The molecule has 4 rings (SSSR count). The highest BCUT2D eigenvalue weighted by atomic mass is 35.5. The number of carbonyl (C=O) groups excluding carboxylic acids is 1. The minimum Gasteiger partial charge on any atom is -0.465 e. The van der Waals surface area contributed by atoms with Crippen molar-refractivity contribution in [2.45, 2.75) is 12.1 Å². The van der Waals surface area contributed by atoms with Gasteiger partial charge in [0.05, 0.1) is 18.0 Å². The summed E-state index contributed by atoms with van der Waals surface area (Å²) in [4.78, 5) is 33.0. The SMILES string of the molecule is CCOC(=O)CSc1nc2c([nH]c3ccccc32)c(=O)n1-c1ccc(Cl)cc1. The molecule has 0 aliphatic heterocycles. The van der Waals surface area contributed by atoms with Gasteiger partial charge in [-0.25, -0.2) is 4.98 Å². The van der Waals surface area contributed by atoms with Gasteiger partial charge in [0, 0.05) is 15.9 Å². The van der Waals surface area contributed by atoms with Crippen LogP contribution < -0.4 is 5.56 Å². The van der Waals surface area contributed by atoms with E-state index in [2.05, 4.69) is 4.98 Å². The Balaban J connectivity index is 1.93. The van der Waals surface area contributed by atoms with E-state index in [1.807, 2.05) is 24.3 Å². The number of fused-ring (bicyclic) bond motifs is 3. The lowest BCUT2D eigenvalue weighted by Gasteiger charge is -2.12. The molecule has 2 aromatic carbocycles. The van der Waals surface area contributed by atoms with Gasteiger partial charge in [0.15, 0.2) is 5.16 Å². The third-order valence-electron chi connectivity index (χ3n) is 4.20. The Labute approximate surface area is 169 Å². The standard InChI is InChI=1S/C20H16ClN3O3S/c1-2-27-16(25)11-28-20-23-17-14-5-3-4-6-15(14)22-18(17)19(26)24(20)13-9-7-12(21)8-10-13/h3-10,22H,2,11H2,1H3. The third-order valence-corrected chi connectivity index (χ3v) is 5.37. The van der Waals surface area contributed by atoms with Crippen molar-refractivity contribution >= 4 is 51.3 Å². The summed E-state index contributed by atoms with van der Waals surface area (Å²) in [5.74, 6) is -0.301. The molecular formula is C20H16ClN3O3S. The summed E-state index contributed by atoms with van der Waals surface area (Å²) in [6.45, 7) is 2.06. The van der Waals surface area contributed by atoms with Crippen LogP contribution in [0.5, 0.6) is 0 Å². The maximum atomic E-state index is 13.3. The van der Waals surface area contributed by atoms with Gasteiger partial charge in [-0.15, -0.1) is 0 Å². The second kappa shape index (κ2) is 7.69. The van der Waals surface area contributed by atoms with E-state index >= 15 is 0 Å². The number of para-hydroxylation sites is 1. The van der Waals surface area contributed by atoms with Crippen molar-refractivity contribution in [3.63, 3.8) is 0 Å². The summed E-state index contributed by atoms with van der Waals surface area (Å²) < 4.78 is 6.48. The molecule has 4 aromatic rings. The van der Waals surface area contributed by atoms with Crippen LogP contribution in [0.1, 0.15) is 6.92 Å². The molecule has 2 heterocycles. The zero-order valence-electron chi connectivity index (χ0n) is 14.9. The lowest BCUT2D eigenvalue weighted by molar-refractivity contribution is -0.139. The van der Waals surface area contributed by atoms with Gasteiger partial charge < -0.3 is 9.72 Å². The number of H-pyrrole nitrogens is 1. The Kier molecular flexibility index (Phi) is 5.11. The van der Waals surface area contributed by atoms with Crippen LogP contribution in [0.15, 0.2) is 58.5 Å². The fourth-order valence-electron chi connectivity index (χ4n) is 2.98. The summed E-state index contributed by atoms with van der Waals surface area (Å²) in [7, 11) is 0. The number of esters is 1. The van der Waals surface area contributed by atoms with Crippen molar-refractivity contribution in [1.29, 1.82) is 0 Å². The molecule has 0 saturated carbocycles. The Morgan fingerprint density at radius 1 is 1.21 bits per heavy atom. The Bertz CT molecular complexity index is 1230. The molecule has 28 heavy (non-hydrogen) atoms. The maximum Gasteiger partial charge on any atom is 0.316 e. The van der Waals surface area contributed by atoms with Crippen molar-refractivity contribution < 1.29 is 9.53 Å². The van der Waals surface area contributed by atoms with Crippen molar-refractivity contribution in [2.75, 3.05) is 12.4 Å². The topological polar surface area (TPSA) is 77.0 Å². The molecule has 1 N–H and O–H groups in total. The van der Waals surface area contributed by atoms with Crippen LogP contribution >= 0.6 is 23.4 Å². The van der Waals surface area contributed by atoms with Gasteiger partial charge in [-0.3, -0.25) is 14.2 Å². The van der Waals surface area contributed by atoms with Crippen LogP contribution in [0.4, 0.5) is 0 Å². The molecular weight excluding hydrogens is 398 g/mol. The highest BCUT2D eigenvalue weighted by Gasteiger charge is 2.18. The molecule has 0 fully saturated rings. The van der Waals surface area contributed by atoms with Crippen molar-refractivity contribution in [3.8, 4) is 5.69 Å². The number of thioether (sulfide) groups is 1. The largest absolute Gasteiger partial charge is 0.465 e. The van der Waals surface area contributed by atoms with Crippen LogP contribution in [0, 0.1) is 0 Å².